The van der Waals surface area contributed by atoms with Gasteiger partial charge in [0.05, 0.1) is 18.2 Å². The van der Waals surface area contributed by atoms with Crippen molar-refractivity contribution in [3.05, 3.63) is 64.1 Å². The zero-order valence-corrected chi connectivity index (χ0v) is 19.0. The number of fused-ring (bicyclic) bond motifs is 1. The van der Waals surface area contributed by atoms with Crippen molar-refractivity contribution in [2.45, 2.75) is 30.1 Å². The van der Waals surface area contributed by atoms with Gasteiger partial charge in [-0.3, -0.25) is 9.59 Å². The number of Topliss-reactive ketones (excluding diaryl/α,β-unsaturated/α-hetero) is 1. The Hall–Kier alpha value is -1.89. The molecule has 2 aromatic carbocycles. The molecule has 3 amide bonds. The first-order chi connectivity index (χ1) is 14.3. The van der Waals surface area contributed by atoms with Crippen LogP contribution in [0.4, 0.5) is 10.5 Å². The van der Waals surface area contributed by atoms with E-state index < -0.39 is 6.03 Å². The summed E-state index contributed by atoms with van der Waals surface area (Å²) in [5, 5.41) is 1.05. The number of carbonyl (C=O) groups excluding carboxylic acids is 3. The zero-order chi connectivity index (χ0) is 21.4. The lowest BCUT2D eigenvalue weighted by atomic mass is 9.80. The number of imide groups is 1. The van der Waals surface area contributed by atoms with Gasteiger partial charge in [-0.25, -0.2) is 9.69 Å². The van der Waals surface area contributed by atoms with Crippen LogP contribution < -0.4 is 4.90 Å². The summed E-state index contributed by atoms with van der Waals surface area (Å²) in [6.45, 7) is -0.0913. The fourth-order valence-electron chi connectivity index (χ4n) is 4.17. The Labute approximate surface area is 193 Å². The van der Waals surface area contributed by atoms with Crippen LogP contribution in [0, 0.1) is 5.92 Å². The number of benzene rings is 2. The SMILES string of the molecule is O=C(CN1C(=O)N(c2ccc(Cl)cc2)C(=O)C2CC(Br)CCC21)c1ccc(Cl)cc1. The molecule has 0 aromatic heterocycles. The highest BCUT2D eigenvalue weighted by molar-refractivity contribution is 9.09. The monoisotopic (exact) mass is 508 g/mol. The maximum absolute atomic E-state index is 13.4. The van der Waals surface area contributed by atoms with E-state index in [9.17, 15) is 14.4 Å². The lowest BCUT2D eigenvalue weighted by Gasteiger charge is -2.47. The van der Waals surface area contributed by atoms with Crippen molar-refractivity contribution in [3.8, 4) is 0 Å². The van der Waals surface area contributed by atoms with Gasteiger partial charge in [0.2, 0.25) is 5.91 Å². The highest BCUT2D eigenvalue weighted by atomic mass is 79.9. The number of alkyl halides is 1. The lowest BCUT2D eigenvalue weighted by Crippen LogP contribution is -2.64. The van der Waals surface area contributed by atoms with E-state index >= 15 is 0 Å². The van der Waals surface area contributed by atoms with Crippen molar-refractivity contribution in [3.63, 3.8) is 0 Å². The van der Waals surface area contributed by atoms with Crippen molar-refractivity contribution in [2.75, 3.05) is 11.4 Å². The second-order valence-electron chi connectivity index (χ2n) is 7.57. The van der Waals surface area contributed by atoms with E-state index in [1.807, 2.05) is 0 Å². The average molecular weight is 510 g/mol. The van der Waals surface area contributed by atoms with Gasteiger partial charge in [0.25, 0.3) is 0 Å². The number of carbonyl (C=O) groups is 3. The fourth-order valence-corrected chi connectivity index (χ4v) is 5.09. The van der Waals surface area contributed by atoms with E-state index in [1.54, 1.807) is 53.4 Å². The van der Waals surface area contributed by atoms with E-state index in [2.05, 4.69) is 15.9 Å². The summed E-state index contributed by atoms with van der Waals surface area (Å²) in [6.07, 6.45) is 2.13. The molecule has 0 N–H and O–H groups in total. The number of hydrogen-bond acceptors (Lipinski definition) is 3. The first-order valence-electron chi connectivity index (χ1n) is 9.68. The summed E-state index contributed by atoms with van der Waals surface area (Å²) in [5.41, 5.74) is 0.932. The summed E-state index contributed by atoms with van der Waals surface area (Å²) in [6, 6.07) is 12.4. The van der Waals surface area contributed by atoms with Crippen molar-refractivity contribution < 1.29 is 14.4 Å². The van der Waals surface area contributed by atoms with E-state index in [-0.39, 0.29) is 35.0 Å². The normalized spacial score (nSPS) is 24.0. The molecule has 1 heterocycles. The third kappa shape index (κ3) is 4.13. The van der Waals surface area contributed by atoms with Crippen LogP contribution in [0.5, 0.6) is 0 Å². The Balaban J connectivity index is 1.67. The van der Waals surface area contributed by atoms with Crippen LogP contribution in [0.15, 0.2) is 48.5 Å². The molecule has 2 fully saturated rings. The number of halogens is 3. The van der Waals surface area contributed by atoms with Gasteiger partial charge in [0.1, 0.15) is 0 Å². The van der Waals surface area contributed by atoms with Crippen molar-refractivity contribution in [2.24, 2.45) is 5.92 Å². The minimum absolute atomic E-state index is 0.0913. The van der Waals surface area contributed by atoms with E-state index in [1.165, 1.54) is 4.90 Å². The lowest BCUT2D eigenvalue weighted by molar-refractivity contribution is -0.126. The molecular formula is C22H19BrCl2N2O3. The highest BCUT2D eigenvalue weighted by Gasteiger charge is 2.49. The molecule has 2 aliphatic rings. The molecule has 156 valence electrons. The molecule has 5 nitrogen and oxygen atoms in total. The number of nitrogens with zero attached hydrogens (tertiary/aromatic N) is 2. The molecule has 3 atom stereocenters. The Kier molecular flexibility index (Phi) is 6.19. The third-order valence-corrected chi connectivity index (χ3v) is 7.03. The molecule has 30 heavy (non-hydrogen) atoms. The van der Waals surface area contributed by atoms with E-state index in [4.69, 9.17) is 23.2 Å². The molecule has 4 rings (SSSR count). The molecule has 1 saturated carbocycles. The average Bonchev–Trinajstić information content (AvgIpc) is 2.73. The smallest absolute Gasteiger partial charge is 0.312 e. The topological polar surface area (TPSA) is 57.7 Å². The maximum Gasteiger partial charge on any atom is 0.332 e. The standard InChI is InChI=1S/C22H19BrCl2N2O3/c23-14-3-10-19-18(11-14)21(29)27(17-8-6-16(25)7-9-17)22(30)26(19)12-20(28)13-1-4-15(24)5-2-13/h1-2,4-9,14,18-19H,3,10-12H2. The summed E-state index contributed by atoms with van der Waals surface area (Å²) >= 11 is 15.5. The Bertz CT molecular complexity index is 981. The summed E-state index contributed by atoms with van der Waals surface area (Å²) in [4.78, 5) is 42.5. The third-order valence-electron chi connectivity index (χ3n) is 5.69. The molecule has 1 aliphatic carbocycles. The summed E-state index contributed by atoms with van der Waals surface area (Å²) in [5.74, 6) is -0.786. The van der Waals surface area contributed by atoms with Crippen LogP contribution >= 0.6 is 39.1 Å². The largest absolute Gasteiger partial charge is 0.332 e. The highest BCUT2D eigenvalue weighted by Crippen LogP contribution is 2.39. The van der Waals surface area contributed by atoms with Crippen molar-refractivity contribution in [1.82, 2.24) is 4.90 Å². The number of urea groups is 1. The Morgan fingerprint density at radius 2 is 1.57 bits per heavy atom. The molecule has 1 saturated heterocycles. The summed E-state index contributed by atoms with van der Waals surface area (Å²) < 4.78 is 0. The van der Waals surface area contributed by atoms with Gasteiger partial charge in [0.15, 0.2) is 5.78 Å². The van der Waals surface area contributed by atoms with Crippen LogP contribution in [-0.4, -0.2) is 40.0 Å². The first kappa shape index (κ1) is 21.3. The van der Waals surface area contributed by atoms with E-state index in [0.29, 0.717) is 34.1 Å². The maximum atomic E-state index is 13.4. The Morgan fingerprint density at radius 3 is 2.20 bits per heavy atom. The molecule has 0 radical (unpaired) electrons. The van der Waals surface area contributed by atoms with Gasteiger partial charge in [-0.05, 0) is 67.8 Å². The second-order valence-corrected chi connectivity index (χ2v) is 9.74. The van der Waals surface area contributed by atoms with Crippen LogP contribution in [-0.2, 0) is 4.79 Å². The van der Waals surface area contributed by atoms with Crippen molar-refractivity contribution in [1.29, 1.82) is 0 Å². The molecule has 3 unspecified atom stereocenters. The second kappa shape index (κ2) is 8.69. The van der Waals surface area contributed by atoms with Crippen LogP contribution in [0.1, 0.15) is 29.6 Å². The number of amides is 3. The van der Waals surface area contributed by atoms with Gasteiger partial charge in [0, 0.05) is 26.5 Å². The van der Waals surface area contributed by atoms with Crippen LogP contribution in [0.25, 0.3) is 0 Å². The minimum atomic E-state index is -0.473. The van der Waals surface area contributed by atoms with Gasteiger partial charge in [-0.2, -0.15) is 0 Å². The number of hydrogen-bond donors (Lipinski definition) is 0. The predicted molar refractivity (Wildman–Crippen MR) is 121 cm³/mol. The number of ketones is 1. The fraction of sp³-hybridized carbons (Fsp3) is 0.318. The van der Waals surface area contributed by atoms with Gasteiger partial charge >= 0.3 is 6.03 Å². The van der Waals surface area contributed by atoms with Crippen LogP contribution in [0.2, 0.25) is 10.0 Å². The Morgan fingerprint density at radius 1 is 0.967 bits per heavy atom. The molecule has 2 aromatic rings. The zero-order valence-electron chi connectivity index (χ0n) is 15.9. The molecule has 0 bridgehead atoms. The molecule has 0 spiro atoms. The van der Waals surface area contributed by atoms with Gasteiger partial charge in [-0.1, -0.05) is 39.1 Å². The predicted octanol–water partition coefficient (Wildman–Crippen LogP) is 5.58. The first-order valence-corrected chi connectivity index (χ1v) is 11.4. The van der Waals surface area contributed by atoms with Crippen molar-refractivity contribution >= 4 is 62.5 Å². The van der Waals surface area contributed by atoms with E-state index in [0.717, 1.165) is 6.42 Å². The van der Waals surface area contributed by atoms with Gasteiger partial charge in [-0.15, -0.1) is 0 Å². The van der Waals surface area contributed by atoms with Gasteiger partial charge < -0.3 is 4.90 Å². The van der Waals surface area contributed by atoms with Crippen LogP contribution in [0.3, 0.4) is 0 Å². The minimum Gasteiger partial charge on any atom is -0.312 e. The molecular weight excluding hydrogens is 491 g/mol. The summed E-state index contributed by atoms with van der Waals surface area (Å²) in [7, 11) is 0. The number of rotatable bonds is 4. The quantitative estimate of drug-likeness (QED) is 0.399. The molecule has 1 aliphatic heterocycles. The number of anilines is 1. The molecule has 8 heteroatoms.